The lowest BCUT2D eigenvalue weighted by molar-refractivity contribution is 0.102. The van der Waals surface area contributed by atoms with Crippen LogP contribution >= 0.6 is 11.3 Å². The number of hydrogen-bond donors (Lipinski definition) is 2. The largest absolute Gasteiger partial charge is 0.327 e. The second-order valence-corrected chi connectivity index (χ2v) is 6.51. The molecule has 0 saturated heterocycles. The number of anilines is 1. The number of rotatable bonds is 2. The lowest BCUT2D eigenvalue weighted by Gasteiger charge is -2.15. The Morgan fingerprint density at radius 2 is 2.18 bits per heavy atom. The molecule has 1 aromatic carbocycles. The van der Waals surface area contributed by atoms with Gasteiger partial charge in [-0.25, -0.2) is 13.8 Å². The van der Waals surface area contributed by atoms with Gasteiger partial charge in [0.25, 0.3) is 5.91 Å². The summed E-state index contributed by atoms with van der Waals surface area (Å²) in [7, 11) is 0. The zero-order valence-corrected chi connectivity index (χ0v) is 12.8. The zero-order valence-electron chi connectivity index (χ0n) is 12.0. The molecule has 1 amide bonds. The maximum Gasteiger partial charge on any atom is 0.260 e. The molecule has 116 valence electrons. The minimum atomic E-state index is -0.885. The fourth-order valence-corrected chi connectivity index (χ4v) is 3.55. The summed E-state index contributed by atoms with van der Waals surface area (Å²) in [6.07, 6.45) is 2.40. The Labute approximate surface area is 130 Å². The number of nitrogens with one attached hydrogen (secondary N) is 1. The van der Waals surface area contributed by atoms with Gasteiger partial charge in [0, 0.05) is 17.0 Å². The van der Waals surface area contributed by atoms with Gasteiger partial charge in [0.1, 0.15) is 11.6 Å². The average molecular weight is 323 g/mol. The highest BCUT2D eigenvalue weighted by Gasteiger charge is 2.22. The third-order valence-corrected chi connectivity index (χ3v) is 4.73. The van der Waals surface area contributed by atoms with Crippen LogP contribution in [0.5, 0.6) is 0 Å². The van der Waals surface area contributed by atoms with Gasteiger partial charge in [0.05, 0.1) is 11.3 Å². The molecule has 0 saturated carbocycles. The number of carbonyl (C=O) groups excluding carboxylic acids is 1. The fourth-order valence-electron chi connectivity index (χ4n) is 2.45. The summed E-state index contributed by atoms with van der Waals surface area (Å²) in [5.41, 5.74) is 6.88. The Bertz CT molecular complexity index is 745. The normalized spacial score (nSPS) is 17.2. The number of nitrogens with zero attached hydrogens (tertiary/aromatic N) is 1. The van der Waals surface area contributed by atoms with Crippen molar-refractivity contribution in [3.05, 3.63) is 45.5 Å². The number of aromatic nitrogens is 1. The molecule has 3 N–H and O–H groups in total. The number of halogens is 2. The molecule has 2 aromatic rings. The molecule has 22 heavy (non-hydrogen) atoms. The van der Waals surface area contributed by atoms with Gasteiger partial charge >= 0.3 is 0 Å². The number of benzene rings is 1. The third kappa shape index (κ3) is 2.86. The van der Waals surface area contributed by atoms with E-state index in [1.165, 1.54) is 24.3 Å². The van der Waals surface area contributed by atoms with Crippen LogP contribution in [-0.2, 0) is 12.8 Å². The number of amides is 1. The van der Waals surface area contributed by atoms with Crippen molar-refractivity contribution in [2.24, 2.45) is 5.73 Å². The van der Waals surface area contributed by atoms with E-state index in [-0.39, 0.29) is 17.2 Å². The van der Waals surface area contributed by atoms with E-state index in [1.54, 1.807) is 0 Å². The summed E-state index contributed by atoms with van der Waals surface area (Å²) in [6.45, 7) is 1.48. The monoisotopic (exact) mass is 323 g/mol. The van der Waals surface area contributed by atoms with Crippen molar-refractivity contribution in [1.29, 1.82) is 0 Å². The lowest BCUT2D eigenvalue weighted by Crippen LogP contribution is -2.27. The molecule has 3 rings (SSSR count). The van der Waals surface area contributed by atoms with Crippen molar-refractivity contribution in [2.75, 3.05) is 5.32 Å². The SMILES string of the molecule is Cc1cc(C(=O)Nc2nc3c(s2)C[C@@H](N)CC3)c(F)cc1F. The first-order valence-electron chi connectivity index (χ1n) is 6.95. The standard InChI is InChI=1S/C15H15F2N3OS/c1-7-4-9(11(17)6-10(7)16)14(21)20-15-19-12-3-2-8(18)5-13(12)22-15/h4,6,8H,2-3,5,18H2,1H3,(H,19,20,21)/t8-/m0/s1. The van der Waals surface area contributed by atoms with Crippen LogP contribution in [-0.4, -0.2) is 16.9 Å². The first-order chi connectivity index (χ1) is 10.4. The second-order valence-electron chi connectivity index (χ2n) is 5.43. The molecule has 1 atom stereocenters. The minimum Gasteiger partial charge on any atom is -0.327 e. The molecule has 0 fully saturated rings. The molecule has 0 unspecified atom stereocenters. The van der Waals surface area contributed by atoms with Gasteiger partial charge in [0.15, 0.2) is 5.13 Å². The Morgan fingerprint density at radius 1 is 1.41 bits per heavy atom. The molecular weight excluding hydrogens is 308 g/mol. The summed E-state index contributed by atoms with van der Waals surface area (Å²) in [5.74, 6) is -2.19. The van der Waals surface area contributed by atoms with Crippen LogP contribution in [0.25, 0.3) is 0 Å². The summed E-state index contributed by atoms with van der Waals surface area (Å²) in [6, 6.07) is 2.04. The van der Waals surface area contributed by atoms with E-state index in [2.05, 4.69) is 10.3 Å². The van der Waals surface area contributed by atoms with Crippen LogP contribution in [0.4, 0.5) is 13.9 Å². The molecule has 7 heteroatoms. The minimum absolute atomic E-state index is 0.119. The van der Waals surface area contributed by atoms with E-state index in [0.717, 1.165) is 35.9 Å². The highest BCUT2D eigenvalue weighted by Crippen LogP contribution is 2.29. The second kappa shape index (κ2) is 5.73. The Morgan fingerprint density at radius 3 is 2.95 bits per heavy atom. The topological polar surface area (TPSA) is 68.0 Å². The van der Waals surface area contributed by atoms with Gasteiger partial charge in [-0.1, -0.05) is 0 Å². The van der Waals surface area contributed by atoms with E-state index in [9.17, 15) is 13.6 Å². The highest BCUT2D eigenvalue weighted by molar-refractivity contribution is 7.15. The van der Waals surface area contributed by atoms with Crippen molar-refractivity contribution in [3.8, 4) is 0 Å². The number of nitrogens with two attached hydrogens (primary N) is 1. The summed E-state index contributed by atoms with van der Waals surface area (Å²) in [4.78, 5) is 17.6. The quantitative estimate of drug-likeness (QED) is 0.893. The third-order valence-electron chi connectivity index (χ3n) is 3.69. The van der Waals surface area contributed by atoms with Crippen LogP contribution in [0.2, 0.25) is 0 Å². The van der Waals surface area contributed by atoms with Crippen LogP contribution < -0.4 is 11.1 Å². The van der Waals surface area contributed by atoms with Crippen LogP contribution in [0.15, 0.2) is 12.1 Å². The van der Waals surface area contributed by atoms with E-state index in [0.29, 0.717) is 5.13 Å². The zero-order chi connectivity index (χ0) is 15.9. The van der Waals surface area contributed by atoms with Gasteiger partial charge in [0.2, 0.25) is 0 Å². The number of thiazole rings is 1. The van der Waals surface area contributed by atoms with Crippen LogP contribution in [0.1, 0.15) is 32.9 Å². The molecule has 1 aliphatic carbocycles. The van der Waals surface area contributed by atoms with Gasteiger partial charge < -0.3 is 5.73 Å². The first-order valence-corrected chi connectivity index (χ1v) is 7.77. The maximum atomic E-state index is 13.7. The van der Waals surface area contributed by atoms with Gasteiger partial charge in [-0.2, -0.15) is 0 Å². The first kappa shape index (κ1) is 15.1. The predicted molar refractivity (Wildman–Crippen MR) is 81.2 cm³/mol. The molecular formula is C15H15F2N3OS. The summed E-state index contributed by atoms with van der Waals surface area (Å²) >= 11 is 1.36. The summed E-state index contributed by atoms with van der Waals surface area (Å²) < 4.78 is 27.0. The predicted octanol–water partition coefficient (Wildman–Crippen LogP) is 2.80. The van der Waals surface area contributed by atoms with Crippen molar-refractivity contribution < 1.29 is 13.6 Å². The van der Waals surface area contributed by atoms with Crippen molar-refractivity contribution in [3.63, 3.8) is 0 Å². The fraction of sp³-hybridized carbons (Fsp3) is 0.333. The molecule has 4 nitrogen and oxygen atoms in total. The van der Waals surface area contributed by atoms with E-state index in [1.807, 2.05) is 0 Å². The van der Waals surface area contributed by atoms with Gasteiger partial charge in [-0.05, 0) is 37.8 Å². The summed E-state index contributed by atoms with van der Waals surface area (Å²) in [5, 5.41) is 3.00. The molecule has 0 spiro atoms. The Kier molecular flexibility index (Phi) is 3.92. The molecule has 1 aromatic heterocycles. The number of fused-ring (bicyclic) bond motifs is 1. The van der Waals surface area contributed by atoms with Crippen molar-refractivity contribution >= 4 is 22.4 Å². The molecule has 1 heterocycles. The van der Waals surface area contributed by atoms with Gasteiger partial charge in [-0.3, -0.25) is 10.1 Å². The van der Waals surface area contributed by atoms with E-state index < -0.39 is 17.5 Å². The Balaban J connectivity index is 1.82. The van der Waals surface area contributed by atoms with Crippen LogP contribution in [0, 0.1) is 18.6 Å². The molecule has 0 radical (unpaired) electrons. The van der Waals surface area contributed by atoms with Crippen molar-refractivity contribution in [2.45, 2.75) is 32.2 Å². The highest BCUT2D eigenvalue weighted by atomic mass is 32.1. The molecule has 1 aliphatic rings. The van der Waals surface area contributed by atoms with E-state index in [4.69, 9.17) is 5.73 Å². The average Bonchev–Trinajstić information content (AvgIpc) is 2.83. The lowest BCUT2D eigenvalue weighted by atomic mass is 9.99. The van der Waals surface area contributed by atoms with Crippen LogP contribution in [0.3, 0.4) is 0 Å². The molecule has 0 aliphatic heterocycles. The molecule has 0 bridgehead atoms. The van der Waals surface area contributed by atoms with Crippen molar-refractivity contribution in [1.82, 2.24) is 4.98 Å². The van der Waals surface area contributed by atoms with E-state index >= 15 is 0 Å². The number of aryl methyl sites for hydroxylation is 2. The number of hydrogen-bond acceptors (Lipinski definition) is 4. The van der Waals surface area contributed by atoms with Gasteiger partial charge in [-0.15, -0.1) is 11.3 Å². The Hall–Kier alpha value is -1.86. The maximum absolute atomic E-state index is 13.7. The smallest absolute Gasteiger partial charge is 0.260 e. The number of carbonyl (C=O) groups is 1.